The number of aromatic nitrogens is 3. The van der Waals surface area contributed by atoms with Crippen molar-refractivity contribution in [1.29, 1.82) is 0 Å². The fraction of sp³-hybridized carbons (Fsp3) is 0. The predicted molar refractivity (Wildman–Crippen MR) is 76.6 cm³/mol. The van der Waals surface area contributed by atoms with Crippen LogP contribution in [0.1, 0.15) is 0 Å². The van der Waals surface area contributed by atoms with Gasteiger partial charge in [0.2, 0.25) is 0 Å². The van der Waals surface area contributed by atoms with E-state index in [2.05, 4.69) is 16.3 Å². The Bertz CT molecular complexity index is 1090. The fourth-order valence-electron chi connectivity index (χ4n) is 2.33. The Morgan fingerprint density at radius 3 is 2.86 bits per heavy atom. The lowest BCUT2D eigenvalue weighted by molar-refractivity contribution is 0.555. The summed E-state index contributed by atoms with van der Waals surface area (Å²) in [4.78, 5) is 30.6. The number of benzene rings is 2. The van der Waals surface area contributed by atoms with Gasteiger partial charge in [-0.05, 0) is 24.3 Å². The summed E-state index contributed by atoms with van der Waals surface area (Å²) >= 11 is 0. The van der Waals surface area contributed by atoms with Gasteiger partial charge < -0.3 is 4.42 Å². The minimum atomic E-state index is -0.570. The van der Waals surface area contributed by atoms with E-state index in [9.17, 15) is 9.59 Å². The van der Waals surface area contributed by atoms with E-state index < -0.39 is 5.76 Å². The summed E-state index contributed by atoms with van der Waals surface area (Å²) in [5.74, 6) is -0.570. The molecule has 1 radical (unpaired) electrons. The quantitative estimate of drug-likeness (QED) is 0.573. The first kappa shape index (κ1) is 11.7. The van der Waals surface area contributed by atoms with Crippen LogP contribution in [0.2, 0.25) is 0 Å². The average Bonchev–Trinajstić information content (AvgIpc) is 2.88. The van der Waals surface area contributed by atoms with E-state index in [4.69, 9.17) is 4.42 Å². The minimum absolute atomic E-state index is 0.254. The molecule has 0 spiro atoms. The zero-order valence-electron chi connectivity index (χ0n) is 10.7. The summed E-state index contributed by atoms with van der Waals surface area (Å²) in [5.41, 5.74) is 1.62. The van der Waals surface area contributed by atoms with Gasteiger partial charge in [-0.15, -0.1) is 0 Å². The average molecular weight is 278 g/mol. The summed E-state index contributed by atoms with van der Waals surface area (Å²) in [5, 5.41) is 0.485. The molecule has 6 heteroatoms. The maximum Gasteiger partial charge on any atom is 0.417 e. The summed E-state index contributed by atoms with van der Waals surface area (Å²) < 4.78 is 6.27. The molecule has 101 valence electrons. The molecule has 4 rings (SSSR count). The molecule has 0 aliphatic carbocycles. The molecule has 0 aliphatic heterocycles. The van der Waals surface area contributed by atoms with Gasteiger partial charge in [0.15, 0.2) is 11.9 Å². The van der Waals surface area contributed by atoms with Crippen molar-refractivity contribution in [2.75, 3.05) is 0 Å². The zero-order valence-corrected chi connectivity index (χ0v) is 10.7. The largest absolute Gasteiger partial charge is 0.417 e. The van der Waals surface area contributed by atoms with Crippen molar-refractivity contribution in [2.45, 2.75) is 0 Å². The third-order valence-electron chi connectivity index (χ3n) is 3.28. The van der Waals surface area contributed by atoms with Crippen LogP contribution in [0, 0.1) is 6.33 Å². The number of para-hydroxylation sites is 2. The van der Waals surface area contributed by atoms with Gasteiger partial charge in [0.05, 0.1) is 16.6 Å². The maximum atomic E-state index is 12.5. The third kappa shape index (κ3) is 1.69. The topological polar surface area (TPSA) is 80.9 Å². The number of H-pyrrole nitrogens is 1. The Kier molecular flexibility index (Phi) is 2.32. The third-order valence-corrected chi connectivity index (χ3v) is 3.28. The lowest BCUT2D eigenvalue weighted by Crippen LogP contribution is -2.19. The number of rotatable bonds is 1. The van der Waals surface area contributed by atoms with E-state index in [0.29, 0.717) is 27.7 Å². The fourth-order valence-corrected chi connectivity index (χ4v) is 2.33. The molecular formula is C15H8N3O3. The highest BCUT2D eigenvalue weighted by Gasteiger charge is 2.11. The van der Waals surface area contributed by atoms with E-state index in [-0.39, 0.29) is 5.56 Å². The van der Waals surface area contributed by atoms with Crippen LogP contribution in [0.5, 0.6) is 0 Å². The second kappa shape index (κ2) is 4.17. The van der Waals surface area contributed by atoms with E-state index >= 15 is 0 Å². The van der Waals surface area contributed by atoms with Gasteiger partial charge in [0, 0.05) is 0 Å². The number of nitrogens with one attached hydrogen (secondary N) is 1. The highest BCUT2D eigenvalue weighted by Crippen LogP contribution is 2.18. The Hall–Kier alpha value is -3.15. The second-order valence-corrected chi connectivity index (χ2v) is 4.53. The van der Waals surface area contributed by atoms with E-state index in [1.807, 2.05) is 0 Å². The molecule has 0 atom stereocenters. The van der Waals surface area contributed by atoms with Crippen LogP contribution in [-0.4, -0.2) is 14.5 Å². The van der Waals surface area contributed by atoms with Gasteiger partial charge in [0.25, 0.3) is 5.56 Å². The molecule has 2 aromatic heterocycles. The molecule has 0 saturated carbocycles. The van der Waals surface area contributed by atoms with Gasteiger partial charge in [-0.1, -0.05) is 18.2 Å². The molecular weight excluding hydrogens is 270 g/mol. The van der Waals surface area contributed by atoms with Crippen molar-refractivity contribution >= 4 is 22.0 Å². The van der Waals surface area contributed by atoms with E-state index in [1.54, 1.807) is 42.5 Å². The molecule has 0 unspecified atom stereocenters. The lowest BCUT2D eigenvalue weighted by atomic mass is 10.2. The summed E-state index contributed by atoms with van der Waals surface area (Å²) in [7, 11) is 0. The van der Waals surface area contributed by atoms with E-state index in [0.717, 1.165) is 0 Å². The standard InChI is InChI=1S/C15H8N3O3/c19-14-9-4-1-2-5-10(9)16-8-18(14)11-6-3-7-12-13(11)17-15(20)21-12/h1-7H,(H,17,20). The molecule has 0 amide bonds. The molecule has 2 heterocycles. The van der Waals surface area contributed by atoms with Gasteiger partial charge in [-0.3, -0.25) is 14.3 Å². The maximum absolute atomic E-state index is 12.5. The monoisotopic (exact) mass is 278 g/mol. The molecule has 6 nitrogen and oxygen atoms in total. The van der Waals surface area contributed by atoms with Crippen molar-refractivity contribution < 1.29 is 4.42 Å². The van der Waals surface area contributed by atoms with Crippen LogP contribution < -0.4 is 11.3 Å². The van der Waals surface area contributed by atoms with Gasteiger partial charge in [-0.2, -0.15) is 0 Å². The van der Waals surface area contributed by atoms with Gasteiger partial charge in [-0.25, -0.2) is 9.78 Å². The Balaban J connectivity index is 2.12. The van der Waals surface area contributed by atoms with E-state index in [1.165, 1.54) is 4.57 Å². The highest BCUT2D eigenvalue weighted by molar-refractivity contribution is 5.83. The molecule has 0 bridgehead atoms. The van der Waals surface area contributed by atoms with Crippen LogP contribution in [0.25, 0.3) is 27.7 Å². The molecule has 21 heavy (non-hydrogen) atoms. The zero-order chi connectivity index (χ0) is 14.4. The first-order valence-corrected chi connectivity index (χ1v) is 6.26. The van der Waals surface area contributed by atoms with Crippen molar-refractivity contribution in [1.82, 2.24) is 14.5 Å². The number of hydrogen-bond acceptors (Lipinski definition) is 4. The van der Waals surface area contributed by atoms with Crippen LogP contribution in [0.3, 0.4) is 0 Å². The number of aromatic amines is 1. The second-order valence-electron chi connectivity index (χ2n) is 4.53. The number of nitrogens with zero attached hydrogens (tertiary/aromatic N) is 2. The summed E-state index contributed by atoms with van der Waals surface area (Å²) in [6.07, 6.45) is 2.69. The molecule has 0 fully saturated rings. The van der Waals surface area contributed by atoms with Crippen LogP contribution in [0.4, 0.5) is 0 Å². The SMILES string of the molecule is O=c1[nH]c2c(-n3[c]nc4ccccc4c3=O)cccc2o1. The Labute approximate surface area is 117 Å². The van der Waals surface area contributed by atoms with Crippen molar-refractivity contribution in [3.05, 3.63) is 69.7 Å². The predicted octanol–water partition coefficient (Wildman–Crippen LogP) is 1.62. The highest BCUT2D eigenvalue weighted by atomic mass is 16.4. The molecule has 4 aromatic rings. The van der Waals surface area contributed by atoms with Crippen LogP contribution >= 0.6 is 0 Å². The normalized spacial score (nSPS) is 11.2. The molecule has 2 aromatic carbocycles. The minimum Gasteiger partial charge on any atom is -0.408 e. The first-order valence-electron chi connectivity index (χ1n) is 6.26. The lowest BCUT2D eigenvalue weighted by Gasteiger charge is -2.06. The Morgan fingerprint density at radius 2 is 1.95 bits per heavy atom. The first-order chi connectivity index (χ1) is 10.2. The number of hydrogen-bond donors (Lipinski definition) is 1. The smallest absolute Gasteiger partial charge is 0.408 e. The molecule has 0 aliphatic rings. The Morgan fingerprint density at radius 1 is 1.10 bits per heavy atom. The van der Waals surface area contributed by atoms with Crippen molar-refractivity contribution in [2.24, 2.45) is 0 Å². The van der Waals surface area contributed by atoms with Crippen molar-refractivity contribution in [3.63, 3.8) is 0 Å². The molecule has 0 saturated heterocycles. The van der Waals surface area contributed by atoms with Crippen LogP contribution in [0.15, 0.2) is 56.5 Å². The molecule has 1 N–H and O–H groups in total. The van der Waals surface area contributed by atoms with Gasteiger partial charge >= 0.3 is 5.76 Å². The van der Waals surface area contributed by atoms with Crippen LogP contribution in [-0.2, 0) is 0 Å². The van der Waals surface area contributed by atoms with Gasteiger partial charge in [0.1, 0.15) is 5.52 Å². The van der Waals surface area contributed by atoms with Crippen molar-refractivity contribution in [3.8, 4) is 5.69 Å². The summed E-state index contributed by atoms with van der Waals surface area (Å²) in [6, 6.07) is 12.1. The number of fused-ring (bicyclic) bond motifs is 2. The number of oxazole rings is 1. The summed E-state index contributed by atoms with van der Waals surface area (Å²) in [6.45, 7) is 0.